The van der Waals surface area contributed by atoms with Gasteiger partial charge in [0.05, 0.1) is 19.8 Å². The Hall–Kier alpha value is -1.59. The molecular weight excluding hydrogens is 336 g/mol. The lowest BCUT2D eigenvalue weighted by Gasteiger charge is -2.40. The average molecular weight is 373 g/mol. The summed E-state index contributed by atoms with van der Waals surface area (Å²) in [4.78, 5) is 9.99. The molecule has 2 saturated heterocycles. The molecule has 3 rings (SSSR count). The van der Waals surface area contributed by atoms with Crippen molar-refractivity contribution in [3.05, 3.63) is 35.9 Å². The number of nitrogens with one attached hydrogen (secondary N) is 1. The normalized spacial score (nSPS) is 22.3. The van der Waals surface area contributed by atoms with Gasteiger partial charge in [-0.1, -0.05) is 30.3 Å². The maximum Gasteiger partial charge on any atom is 0.193 e. The first-order chi connectivity index (χ1) is 13.1. The van der Waals surface area contributed by atoms with Gasteiger partial charge in [-0.05, 0) is 45.1 Å². The lowest BCUT2D eigenvalue weighted by Crippen LogP contribution is -2.52. The second kappa shape index (κ2) is 9.56. The zero-order valence-corrected chi connectivity index (χ0v) is 17.3. The first-order valence-corrected chi connectivity index (χ1v) is 10.5. The Morgan fingerprint density at radius 3 is 2.63 bits per heavy atom. The first-order valence-electron chi connectivity index (χ1n) is 10.5. The molecule has 1 N–H and O–H groups in total. The van der Waals surface area contributed by atoms with E-state index < -0.39 is 0 Å². The summed E-state index contributed by atoms with van der Waals surface area (Å²) in [5, 5.41) is 3.52. The summed E-state index contributed by atoms with van der Waals surface area (Å²) in [7, 11) is 0. The van der Waals surface area contributed by atoms with E-state index in [0.29, 0.717) is 5.92 Å². The second-order valence-electron chi connectivity index (χ2n) is 8.37. The third-order valence-electron chi connectivity index (χ3n) is 5.77. The van der Waals surface area contributed by atoms with Crippen LogP contribution < -0.4 is 5.32 Å². The minimum atomic E-state index is 0.0631. The number of aliphatic imine (C=N–C) groups is 1. The highest BCUT2D eigenvalue weighted by Crippen LogP contribution is 2.22. The van der Waals surface area contributed by atoms with Crippen molar-refractivity contribution in [2.45, 2.75) is 39.2 Å². The lowest BCUT2D eigenvalue weighted by atomic mass is 9.99. The van der Waals surface area contributed by atoms with E-state index in [9.17, 15) is 0 Å². The van der Waals surface area contributed by atoms with Gasteiger partial charge in [-0.2, -0.15) is 0 Å². The monoisotopic (exact) mass is 372 g/mol. The fourth-order valence-electron chi connectivity index (χ4n) is 4.10. The number of likely N-dealkylation sites (tertiary alicyclic amines) is 1. The van der Waals surface area contributed by atoms with Gasteiger partial charge in [0.25, 0.3) is 0 Å². The van der Waals surface area contributed by atoms with Crippen molar-refractivity contribution in [2.75, 3.05) is 52.5 Å². The number of guanidine groups is 1. The Labute approximate surface area is 164 Å². The van der Waals surface area contributed by atoms with Crippen LogP contribution in [0.2, 0.25) is 0 Å². The molecule has 150 valence electrons. The standard InChI is InChI=1S/C22H36N4O/c1-4-23-21(24-18-22(2,3)26-12-14-27-15-13-26)25-11-10-20(17-25)16-19-8-6-5-7-9-19/h5-9,20H,4,10-18H2,1-3H3,(H,23,24). The van der Waals surface area contributed by atoms with Crippen molar-refractivity contribution in [2.24, 2.45) is 10.9 Å². The highest BCUT2D eigenvalue weighted by Gasteiger charge is 2.29. The first kappa shape index (κ1) is 20.2. The predicted molar refractivity (Wildman–Crippen MR) is 112 cm³/mol. The molecule has 2 heterocycles. The van der Waals surface area contributed by atoms with Crippen LogP contribution >= 0.6 is 0 Å². The average Bonchev–Trinajstić information content (AvgIpc) is 3.15. The smallest absolute Gasteiger partial charge is 0.193 e. The molecule has 1 atom stereocenters. The van der Waals surface area contributed by atoms with Crippen LogP contribution in [0.1, 0.15) is 32.8 Å². The van der Waals surface area contributed by atoms with Crippen LogP contribution in [0, 0.1) is 5.92 Å². The zero-order chi connectivity index (χ0) is 19.1. The van der Waals surface area contributed by atoms with E-state index in [0.717, 1.165) is 64.9 Å². The molecule has 0 saturated carbocycles. The van der Waals surface area contributed by atoms with E-state index in [2.05, 4.69) is 66.2 Å². The number of hydrogen-bond acceptors (Lipinski definition) is 3. The van der Waals surface area contributed by atoms with Gasteiger partial charge < -0.3 is 15.0 Å². The minimum Gasteiger partial charge on any atom is -0.379 e. The van der Waals surface area contributed by atoms with Crippen LogP contribution in [-0.2, 0) is 11.2 Å². The molecule has 0 aromatic heterocycles. The Balaban J connectivity index is 1.58. The number of morpholine rings is 1. The summed E-state index contributed by atoms with van der Waals surface area (Å²) >= 11 is 0. The Kier molecular flexibility index (Phi) is 7.13. The summed E-state index contributed by atoms with van der Waals surface area (Å²) in [6, 6.07) is 10.9. The van der Waals surface area contributed by atoms with Crippen molar-refractivity contribution in [1.82, 2.24) is 15.1 Å². The number of hydrogen-bond donors (Lipinski definition) is 1. The summed E-state index contributed by atoms with van der Waals surface area (Å²) in [5.74, 6) is 1.79. The fourth-order valence-corrected chi connectivity index (χ4v) is 4.10. The van der Waals surface area contributed by atoms with E-state index in [1.165, 1.54) is 12.0 Å². The SMILES string of the molecule is CCNC(=NCC(C)(C)N1CCOCC1)N1CCC(Cc2ccccc2)C1. The Morgan fingerprint density at radius 1 is 1.19 bits per heavy atom. The van der Waals surface area contributed by atoms with Crippen molar-refractivity contribution in [1.29, 1.82) is 0 Å². The van der Waals surface area contributed by atoms with Gasteiger partial charge in [0.2, 0.25) is 0 Å². The molecule has 5 heteroatoms. The van der Waals surface area contributed by atoms with Crippen molar-refractivity contribution in [3.63, 3.8) is 0 Å². The van der Waals surface area contributed by atoms with Crippen LogP contribution in [0.5, 0.6) is 0 Å². The fraction of sp³-hybridized carbons (Fsp3) is 0.682. The molecule has 0 amide bonds. The summed E-state index contributed by atoms with van der Waals surface area (Å²) in [5.41, 5.74) is 1.51. The second-order valence-corrected chi connectivity index (χ2v) is 8.37. The maximum absolute atomic E-state index is 5.50. The van der Waals surface area contributed by atoms with Crippen molar-refractivity contribution in [3.8, 4) is 0 Å². The highest BCUT2D eigenvalue weighted by molar-refractivity contribution is 5.80. The molecule has 2 aliphatic rings. The van der Waals surface area contributed by atoms with Crippen LogP contribution in [0.3, 0.4) is 0 Å². The van der Waals surface area contributed by atoms with E-state index in [4.69, 9.17) is 9.73 Å². The molecule has 27 heavy (non-hydrogen) atoms. The lowest BCUT2D eigenvalue weighted by molar-refractivity contribution is -0.00688. The summed E-state index contributed by atoms with van der Waals surface area (Å²) in [6.45, 7) is 14.3. The third kappa shape index (κ3) is 5.69. The zero-order valence-electron chi connectivity index (χ0n) is 17.3. The molecule has 0 bridgehead atoms. The van der Waals surface area contributed by atoms with Gasteiger partial charge in [0.1, 0.15) is 0 Å². The number of nitrogens with zero attached hydrogens (tertiary/aromatic N) is 3. The highest BCUT2D eigenvalue weighted by atomic mass is 16.5. The van der Waals surface area contributed by atoms with Crippen LogP contribution in [-0.4, -0.2) is 73.8 Å². The van der Waals surface area contributed by atoms with Gasteiger partial charge in [-0.15, -0.1) is 0 Å². The maximum atomic E-state index is 5.50. The molecule has 0 spiro atoms. The molecule has 1 aromatic carbocycles. The molecular formula is C22H36N4O. The predicted octanol–water partition coefficient (Wildman–Crippen LogP) is 2.63. The van der Waals surface area contributed by atoms with Crippen molar-refractivity contribution >= 4 is 5.96 Å². The summed E-state index contributed by atoms with van der Waals surface area (Å²) < 4.78 is 5.50. The van der Waals surface area contributed by atoms with Crippen LogP contribution in [0.4, 0.5) is 0 Å². The molecule has 1 aromatic rings. The van der Waals surface area contributed by atoms with E-state index in [1.807, 2.05) is 0 Å². The minimum absolute atomic E-state index is 0.0631. The number of benzene rings is 1. The molecule has 2 aliphatic heterocycles. The van der Waals surface area contributed by atoms with Crippen LogP contribution in [0.15, 0.2) is 35.3 Å². The Bertz CT molecular complexity index is 596. The topological polar surface area (TPSA) is 40.1 Å². The van der Waals surface area contributed by atoms with Crippen molar-refractivity contribution < 1.29 is 4.74 Å². The van der Waals surface area contributed by atoms with Gasteiger partial charge in [0.15, 0.2) is 5.96 Å². The number of rotatable bonds is 6. The van der Waals surface area contributed by atoms with Crippen LogP contribution in [0.25, 0.3) is 0 Å². The molecule has 5 nitrogen and oxygen atoms in total. The van der Waals surface area contributed by atoms with Gasteiger partial charge in [-0.3, -0.25) is 9.89 Å². The van der Waals surface area contributed by atoms with E-state index in [1.54, 1.807) is 0 Å². The van der Waals surface area contributed by atoms with Gasteiger partial charge >= 0.3 is 0 Å². The molecule has 0 radical (unpaired) electrons. The largest absolute Gasteiger partial charge is 0.379 e. The number of ether oxygens (including phenoxy) is 1. The Morgan fingerprint density at radius 2 is 1.93 bits per heavy atom. The summed E-state index contributed by atoms with van der Waals surface area (Å²) in [6.07, 6.45) is 2.40. The quantitative estimate of drug-likeness (QED) is 0.616. The van der Waals surface area contributed by atoms with Gasteiger partial charge in [-0.25, -0.2) is 0 Å². The molecule has 1 unspecified atom stereocenters. The van der Waals surface area contributed by atoms with E-state index in [-0.39, 0.29) is 5.54 Å². The van der Waals surface area contributed by atoms with Gasteiger partial charge in [0, 0.05) is 38.3 Å². The third-order valence-corrected chi connectivity index (χ3v) is 5.77. The molecule has 0 aliphatic carbocycles. The van der Waals surface area contributed by atoms with E-state index >= 15 is 0 Å². The molecule has 2 fully saturated rings.